The second-order valence-electron chi connectivity index (χ2n) is 22.9. The molecule has 3 aliphatic heterocycles. The number of carbonyl (C=O) groups is 6. The van der Waals surface area contributed by atoms with Crippen molar-refractivity contribution in [1.82, 2.24) is 44.7 Å². The fourth-order valence-corrected chi connectivity index (χ4v) is 12.1. The number of nitrogens with zero attached hydrogens (tertiary/aromatic N) is 7. The lowest BCUT2D eigenvalue weighted by Crippen LogP contribution is -2.67. The zero-order valence-corrected chi connectivity index (χ0v) is 49.2. The number of aromatic nitrogens is 2. The molecule has 1 spiro atoms. The Bertz CT molecular complexity index is 3070. The van der Waals surface area contributed by atoms with Gasteiger partial charge < -0.3 is 53.9 Å². The molecule has 4 fully saturated rings. The van der Waals surface area contributed by atoms with Crippen molar-refractivity contribution < 1.29 is 43.0 Å². The molecule has 1 saturated carbocycles. The van der Waals surface area contributed by atoms with E-state index in [1.165, 1.54) is 16.9 Å². The van der Waals surface area contributed by atoms with Crippen molar-refractivity contribution in [2.75, 3.05) is 68.2 Å². The average Bonchev–Trinajstić information content (AvgIpc) is 3.84. The number of likely N-dealkylation sites (N-methyl/N-ethyl adjacent to an activating group) is 2. The Kier molecular flexibility index (Phi) is 19.4. The van der Waals surface area contributed by atoms with Crippen molar-refractivity contribution in [3.05, 3.63) is 136 Å². The molecule has 3 saturated heterocycles. The number of methoxy groups -OCH3 is 1. The Hall–Kier alpha value is -6.83. The number of carbonyl (C=O) groups excluding carboxylic acids is 6. The molecule has 1 unspecified atom stereocenters. The van der Waals surface area contributed by atoms with Gasteiger partial charge in [-0.15, -0.1) is 0 Å². The molecule has 2 N–H and O–H groups in total. The average molecular weight is 1160 g/mol. The number of benzene rings is 4. The molecule has 1 aliphatic carbocycles. The van der Waals surface area contributed by atoms with Crippen LogP contribution < -0.4 is 15.4 Å². The molecule has 436 valence electrons. The highest BCUT2D eigenvalue weighted by molar-refractivity contribution is 6.31. The minimum Gasteiger partial charge on any atom is -0.457 e. The number of likely N-dealkylation sites (tertiary alicyclic amines) is 1. The predicted molar refractivity (Wildman–Crippen MR) is 312 cm³/mol. The fraction of sp³-hybridized carbons (Fsp3) is 0.468. The van der Waals surface area contributed by atoms with Crippen LogP contribution >= 0.6 is 23.2 Å². The molecule has 1 aromatic heterocycles. The molecule has 20 heteroatoms. The summed E-state index contributed by atoms with van der Waals surface area (Å²) in [6, 6.07) is 24.7. The maximum atomic E-state index is 15.9. The SMILES string of the molecule is COC[C@@H]1NC(=O)[C@H](CC(=O)N2CC3(COC3)C2)N(Cc2ccc(Cl)cc2Oc2ccc(-c3cnc(CN(C)C)n3C)cc2)C(=O)C[C@@H](Cc2ccccc2)C(=O)N(C)C2CCCC[C@H]2NC(=O)C[C@H](Cc2ccc(Cl)cc2)N(C)C1=O. The molecule has 0 bridgehead atoms. The molecule has 9 rings (SSSR count). The molecule has 18 nitrogen and oxygen atoms in total. The van der Waals surface area contributed by atoms with Crippen LogP contribution in [0.15, 0.2) is 103 Å². The van der Waals surface area contributed by atoms with E-state index in [1.54, 1.807) is 54.2 Å². The number of rotatable bonds is 15. The van der Waals surface area contributed by atoms with Crippen molar-refractivity contribution in [3.8, 4) is 22.8 Å². The lowest BCUT2D eigenvalue weighted by atomic mass is 9.78. The standard InChI is InChI=1S/C62H75Cl2N9O9/c1-68(2)34-55-65-32-53(70(55)4)42-19-24-48(25-20-42)82-54-29-46(64)23-18-43(54)33-73-52(31-57(75)72-36-62(37-72)38-81-39-62)59(77)67-50(35-80-6)61(79)69(3)47(27-41-16-21-45(63)22-17-41)30-56(74)66-49-14-10-11-15-51(49)71(5)60(78)44(28-58(73)76)26-40-12-8-7-9-13-40/h7-9,12-13,16-25,29,32,44,47,49-52H,10-11,14-15,26-28,30-31,33-39H2,1-6H3,(H,66,74)(H,67,77)/t44-,47+,49-,50+,51?,52+/m1/s1. The van der Waals surface area contributed by atoms with Crippen LogP contribution in [0.3, 0.4) is 0 Å². The maximum absolute atomic E-state index is 15.9. The predicted octanol–water partition coefficient (Wildman–Crippen LogP) is 6.93. The summed E-state index contributed by atoms with van der Waals surface area (Å²) in [4.78, 5) is 104. The van der Waals surface area contributed by atoms with Crippen molar-refractivity contribution in [1.29, 1.82) is 0 Å². The van der Waals surface area contributed by atoms with Crippen LogP contribution in [0.5, 0.6) is 11.5 Å². The van der Waals surface area contributed by atoms with Crippen LogP contribution in [0, 0.1) is 11.3 Å². The molecule has 4 aliphatic rings. The van der Waals surface area contributed by atoms with Crippen molar-refractivity contribution >= 4 is 58.6 Å². The Morgan fingerprint density at radius 1 is 0.805 bits per heavy atom. The van der Waals surface area contributed by atoms with Crippen molar-refractivity contribution in [2.45, 2.75) is 101 Å². The summed E-state index contributed by atoms with van der Waals surface area (Å²) in [6.45, 7) is 1.96. The molecule has 4 heterocycles. The lowest BCUT2D eigenvalue weighted by Gasteiger charge is -2.55. The first-order chi connectivity index (χ1) is 39.4. The first-order valence-electron chi connectivity index (χ1n) is 28.1. The molecular formula is C62H75Cl2N9O9. The minimum absolute atomic E-state index is 0.101. The first kappa shape index (κ1) is 59.8. The summed E-state index contributed by atoms with van der Waals surface area (Å²) in [5.74, 6) is -2.26. The third-order valence-corrected chi connectivity index (χ3v) is 17.0. The zero-order valence-electron chi connectivity index (χ0n) is 47.7. The van der Waals surface area contributed by atoms with Gasteiger partial charge in [0.05, 0.1) is 68.6 Å². The normalized spacial score (nSPS) is 22.9. The smallest absolute Gasteiger partial charge is 0.247 e. The van der Waals surface area contributed by atoms with E-state index in [1.807, 2.05) is 98.6 Å². The van der Waals surface area contributed by atoms with E-state index in [9.17, 15) is 9.59 Å². The Morgan fingerprint density at radius 3 is 2.18 bits per heavy atom. The van der Waals surface area contributed by atoms with Gasteiger partial charge in [0.2, 0.25) is 35.4 Å². The number of imidazole rings is 1. The third-order valence-electron chi connectivity index (χ3n) is 16.5. The van der Waals surface area contributed by atoms with Gasteiger partial charge in [-0.25, -0.2) is 4.98 Å². The van der Waals surface area contributed by atoms with E-state index in [4.69, 9.17) is 37.4 Å². The number of nitrogens with one attached hydrogen (secondary N) is 2. The second-order valence-corrected chi connectivity index (χ2v) is 23.8. The van der Waals surface area contributed by atoms with Gasteiger partial charge in [0.1, 0.15) is 29.4 Å². The Labute approximate surface area is 490 Å². The van der Waals surface area contributed by atoms with E-state index in [2.05, 4.69) is 20.5 Å². The maximum Gasteiger partial charge on any atom is 0.247 e. The van der Waals surface area contributed by atoms with E-state index in [-0.39, 0.29) is 67.7 Å². The highest BCUT2D eigenvalue weighted by Gasteiger charge is 2.51. The highest BCUT2D eigenvalue weighted by atomic mass is 35.5. The van der Waals surface area contributed by atoms with Crippen LogP contribution in [0.1, 0.15) is 67.5 Å². The van der Waals surface area contributed by atoms with E-state index in [0.29, 0.717) is 67.0 Å². The summed E-state index contributed by atoms with van der Waals surface area (Å²) >= 11 is 13.0. The van der Waals surface area contributed by atoms with Crippen LogP contribution in [-0.4, -0.2) is 168 Å². The molecule has 6 atom stereocenters. The molecule has 82 heavy (non-hydrogen) atoms. The molecule has 0 radical (unpaired) electrons. The first-order valence-corrected chi connectivity index (χ1v) is 28.9. The van der Waals surface area contributed by atoms with Crippen LogP contribution in [0.2, 0.25) is 10.0 Å². The molecule has 5 aromatic rings. The summed E-state index contributed by atoms with van der Waals surface area (Å²) in [5.41, 5.74) is 3.73. The van der Waals surface area contributed by atoms with Gasteiger partial charge in [-0.2, -0.15) is 0 Å². The lowest BCUT2D eigenvalue weighted by molar-refractivity contribution is -0.196. The van der Waals surface area contributed by atoms with E-state index >= 15 is 19.2 Å². The van der Waals surface area contributed by atoms with Gasteiger partial charge in [0, 0.05) is 87.4 Å². The van der Waals surface area contributed by atoms with Crippen molar-refractivity contribution in [2.24, 2.45) is 18.4 Å². The Balaban J connectivity index is 1.13. The quantitative estimate of drug-likeness (QED) is 0.111. The van der Waals surface area contributed by atoms with Crippen molar-refractivity contribution in [3.63, 3.8) is 0 Å². The number of amides is 6. The third kappa shape index (κ3) is 14.3. The summed E-state index contributed by atoms with van der Waals surface area (Å²) in [6.07, 6.45) is 4.19. The van der Waals surface area contributed by atoms with Gasteiger partial charge in [-0.1, -0.05) is 84.6 Å². The van der Waals surface area contributed by atoms with Gasteiger partial charge in [0.25, 0.3) is 0 Å². The highest BCUT2D eigenvalue weighted by Crippen LogP contribution is 2.39. The van der Waals surface area contributed by atoms with Crippen LogP contribution in [-0.2, 0) is 71.2 Å². The van der Waals surface area contributed by atoms with E-state index in [0.717, 1.165) is 41.1 Å². The number of hydrogen-bond acceptors (Lipinski definition) is 11. The topological polar surface area (TPSA) is 188 Å². The zero-order chi connectivity index (χ0) is 58.2. The number of hydrogen-bond donors (Lipinski definition) is 2. The molecule has 6 amide bonds. The van der Waals surface area contributed by atoms with Gasteiger partial charge in [-0.3, -0.25) is 28.8 Å². The largest absolute Gasteiger partial charge is 0.457 e. The summed E-state index contributed by atoms with van der Waals surface area (Å²) < 4.78 is 19.8. The summed E-state index contributed by atoms with van der Waals surface area (Å²) in [7, 11) is 10.7. The van der Waals surface area contributed by atoms with E-state index < -0.39 is 60.3 Å². The number of fused-ring (bicyclic) bond motifs is 1. The number of ether oxygens (including phenoxy) is 3. The monoisotopic (exact) mass is 1160 g/mol. The van der Waals surface area contributed by atoms with Gasteiger partial charge in [-0.05, 0) is 99.4 Å². The van der Waals surface area contributed by atoms with Crippen LogP contribution in [0.4, 0.5) is 0 Å². The molecular weight excluding hydrogens is 1090 g/mol. The minimum atomic E-state index is -1.53. The van der Waals surface area contributed by atoms with Gasteiger partial charge >= 0.3 is 0 Å². The Morgan fingerprint density at radius 2 is 1.50 bits per heavy atom. The van der Waals surface area contributed by atoms with Gasteiger partial charge in [0.15, 0.2) is 0 Å². The van der Waals surface area contributed by atoms with Crippen LogP contribution in [0.25, 0.3) is 11.3 Å². The number of halogens is 2. The summed E-state index contributed by atoms with van der Waals surface area (Å²) in [5, 5.41) is 7.04. The fourth-order valence-electron chi connectivity index (χ4n) is 11.8. The second kappa shape index (κ2) is 26.6. The molecule has 4 aromatic carbocycles.